The Morgan fingerprint density at radius 3 is 2.53 bits per heavy atom. The molecule has 1 aliphatic heterocycles. The van der Waals surface area contributed by atoms with Gasteiger partial charge < -0.3 is 5.32 Å². The Morgan fingerprint density at radius 1 is 1.18 bits per heavy atom. The van der Waals surface area contributed by atoms with Gasteiger partial charge in [0, 0.05) is 12.7 Å². The molecule has 2 aromatic heterocycles. The minimum absolute atomic E-state index is 0.120. The highest BCUT2D eigenvalue weighted by atomic mass is 35.5. The number of halogens is 4. The number of nitrogens with one attached hydrogen (secondary N) is 1. The van der Waals surface area contributed by atoms with Crippen LogP contribution >= 0.6 is 11.6 Å². The summed E-state index contributed by atoms with van der Waals surface area (Å²) in [5.41, 5.74) is -2.70. The van der Waals surface area contributed by atoms with Crippen molar-refractivity contribution in [3.05, 3.63) is 64.6 Å². The molecule has 1 amide bonds. The molecule has 1 aromatic carbocycles. The quantitative estimate of drug-likeness (QED) is 0.465. The number of carbonyl (C=O) groups is 1. The zero-order valence-electron chi connectivity index (χ0n) is 19.9. The molecule has 0 fully saturated rings. The van der Waals surface area contributed by atoms with Crippen LogP contribution in [-0.2, 0) is 23.0 Å². The molecule has 3 heterocycles. The van der Waals surface area contributed by atoms with E-state index in [1.165, 1.54) is 5.01 Å². The maximum absolute atomic E-state index is 13.0. The molecule has 0 atom stereocenters. The van der Waals surface area contributed by atoms with Gasteiger partial charge in [-0.1, -0.05) is 30.7 Å². The van der Waals surface area contributed by atoms with Crippen LogP contribution < -0.4 is 10.3 Å². The van der Waals surface area contributed by atoms with Crippen LogP contribution in [0.3, 0.4) is 0 Å². The van der Waals surface area contributed by atoms with E-state index in [-0.39, 0.29) is 23.3 Å². The highest BCUT2D eigenvalue weighted by molar-refractivity contribution is 7.90. The van der Waals surface area contributed by atoms with E-state index in [1.807, 2.05) is 6.92 Å². The Morgan fingerprint density at radius 2 is 1.89 bits per heavy atom. The van der Waals surface area contributed by atoms with Crippen LogP contribution in [0.25, 0.3) is 5.65 Å². The zero-order valence-corrected chi connectivity index (χ0v) is 21.5. The largest absolute Gasteiger partial charge is 0.516 e. The van der Waals surface area contributed by atoms with Crippen LogP contribution in [0.1, 0.15) is 35.1 Å². The summed E-state index contributed by atoms with van der Waals surface area (Å²) in [7, 11) is -5.67. The molecule has 15 heteroatoms. The minimum atomic E-state index is -5.67. The summed E-state index contributed by atoms with van der Waals surface area (Å²) >= 11 is 6.08. The van der Waals surface area contributed by atoms with Crippen molar-refractivity contribution in [2.45, 2.75) is 31.8 Å². The van der Waals surface area contributed by atoms with Crippen LogP contribution in [0.2, 0.25) is 5.02 Å². The first-order chi connectivity index (χ1) is 18.0. The molecule has 0 spiro atoms. The summed E-state index contributed by atoms with van der Waals surface area (Å²) in [4.78, 5) is 17.4. The van der Waals surface area contributed by atoms with Gasteiger partial charge in [0.25, 0.3) is 5.91 Å². The van der Waals surface area contributed by atoms with Crippen LogP contribution in [0.4, 0.5) is 18.9 Å². The van der Waals surface area contributed by atoms with Gasteiger partial charge in [-0.25, -0.2) is 9.29 Å². The zero-order chi connectivity index (χ0) is 27.7. The summed E-state index contributed by atoms with van der Waals surface area (Å²) < 4.78 is 64.6. The number of sulfonamides is 1. The van der Waals surface area contributed by atoms with E-state index in [1.54, 1.807) is 53.1 Å². The van der Waals surface area contributed by atoms with Gasteiger partial charge in [0.1, 0.15) is 11.3 Å². The van der Waals surface area contributed by atoms with Crippen molar-refractivity contribution < 1.29 is 26.4 Å². The second kappa shape index (κ2) is 10.5. The predicted molar refractivity (Wildman–Crippen MR) is 134 cm³/mol. The van der Waals surface area contributed by atoms with Crippen molar-refractivity contribution in [3.8, 4) is 6.07 Å². The highest BCUT2D eigenvalue weighted by Gasteiger charge is 2.51. The number of amides is 1. The highest BCUT2D eigenvalue weighted by Crippen LogP contribution is 2.30. The molecule has 0 bridgehead atoms. The maximum atomic E-state index is 13.0. The number of aryl methyl sites for hydroxylation is 1. The van der Waals surface area contributed by atoms with Crippen molar-refractivity contribution in [2.75, 3.05) is 18.1 Å². The molecule has 38 heavy (non-hydrogen) atoms. The number of hydrogen-bond acceptors (Lipinski definition) is 7. The lowest BCUT2D eigenvalue weighted by molar-refractivity contribution is -0.0473. The smallest absolute Gasteiger partial charge is 0.347 e. The first-order valence-corrected chi connectivity index (χ1v) is 13.1. The number of nitrogens with zero attached hydrogens (tertiary/aromatic N) is 6. The summed E-state index contributed by atoms with van der Waals surface area (Å²) in [6.07, 6.45) is 1.54. The number of anilines is 1. The lowest BCUT2D eigenvalue weighted by atomic mass is 10.2. The molecular weight excluding hydrogens is 547 g/mol. The summed E-state index contributed by atoms with van der Waals surface area (Å²) in [6.45, 7) is 1.39. The van der Waals surface area contributed by atoms with Gasteiger partial charge in [-0.2, -0.15) is 32.0 Å². The minimum Gasteiger partial charge on any atom is -0.347 e. The molecule has 4 rings (SSSR count). The molecule has 1 aliphatic rings. The number of aromatic nitrogens is 2. The number of nitriles is 1. The van der Waals surface area contributed by atoms with E-state index in [0.29, 0.717) is 34.2 Å². The number of hydrazone groups is 1. The topological polar surface area (TPSA) is 123 Å². The van der Waals surface area contributed by atoms with Crippen molar-refractivity contribution in [1.82, 2.24) is 19.0 Å². The fourth-order valence-electron chi connectivity index (χ4n) is 3.93. The van der Waals surface area contributed by atoms with Crippen molar-refractivity contribution in [2.24, 2.45) is 5.10 Å². The van der Waals surface area contributed by atoms with Gasteiger partial charge in [0.15, 0.2) is 5.84 Å². The van der Waals surface area contributed by atoms with Crippen molar-refractivity contribution in [3.63, 3.8) is 0 Å². The molecule has 10 nitrogen and oxygen atoms in total. The number of benzene rings is 1. The summed E-state index contributed by atoms with van der Waals surface area (Å²) in [5.74, 6) is -0.860. The predicted octanol–water partition coefficient (Wildman–Crippen LogP) is 3.68. The standard InChI is InChI=1S/C23H21ClF3N7O3S/c1-2-18-21(32-14-16(24)5-8-19(32)30-18)22(35)29-13-15-3-6-17(7-4-15)33-11-12-34(20(31-33)9-10-28)38(36,37)23(25,26)27/h3-8,14H,2,9,11-13H2,1H3,(H,29,35). The summed E-state index contributed by atoms with van der Waals surface area (Å²) in [6, 6.07) is 11.7. The number of imidazole rings is 1. The van der Waals surface area contributed by atoms with E-state index in [0.717, 1.165) is 5.56 Å². The normalized spacial score (nSPS) is 14.4. The van der Waals surface area contributed by atoms with Gasteiger partial charge in [-0.15, -0.1) is 0 Å². The third-order valence-electron chi connectivity index (χ3n) is 5.75. The molecule has 0 unspecified atom stereocenters. The average molecular weight is 568 g/mol. The second-order valence-electron chi connectivity index (χ2n) is 8.18. The first-order valence-electron chi connectivity index (χ1n) is 11.3. The van der Waals surface area contributed by atoms with Crippen molar-refractivity contribution >= 4 is 44.7 Å². The Bertz CT molecular complexity index is 1550. The van der Waals surface area contributed by atoms with Gasteiger partial charge in [-0.05, 0) is 36.2 Å². The van der Waals surface area contributed by atoms with E-state index in [9.17, 15) is 26.4 Å². The van der Waals surface area contributed by atoms with Crippen molar-refractivity contribution in [1.29, 1.82) is 5.26 Å². The SMILES string of the molecule is CCc1nc2ccc(Cl)cn2c1C(=O)NCc1ccc(N2CCN(S(=O)(=O)C(F)(F)F)C(CC#N)=N2)cc1. The van der Waals surface area contributed by atoms with E-state index in [2.05, 4.69) is 15.4 Å². The molecule has 3 aromatic rings. The molecule has 0 saturated carbocycles. The molecule has 200 valence electrons. The monoisotopic (exact) mass is 567 g/mol. The van der Waals surface area contributed by atoms with Gasteiger partial charge in [0.2, 0.25) is 0 Å². The van der Waals surface area contributed by atoms with Gasteiger partial charge in [0.05, 0.1) is 42.0 Å². The third-order valence-corrected chi connectivity index (χ3v) is 7.53. The Balaban J connectivity index is 1.49. The van der Waals surface area contributed by atoms with Crippen LogP contribution in [-0.4, -0.2) is 52.4 Å². The average Bonchev–Trinajstić information content (AvgIpc) is 3.25. The molecular formula is C23H21ClF3N7O3S. The number of amidine groups is 1. The first kappa shape index (κ1) is 27.2. The molecule has 0 saturated heterocycles. The lowest BCUT2D eigenvalue weighted by Crippen LogP contribution is -2.50. The Labute approximate surface area is 221 Å². The Kier molecular flexibility index (Phi) is 7.52. The number of carbonyl (C=O) groups excluding carboxylic acids is 1. The number of fused-ring (bicyclic) bond motifs is 1. The Hall–Kier alpha value is -3.83. The van der Waals surface area contributed by atoms with Crippen LogP contribution in [0.5, 0.6) is 0 Å². The van der Waals surface area contributed by atoms with E-state index < -0.39 is 34.3 Å². The van der Waals surface area contributed by atoms with Gasteiger partial charge in [-0.3, -0.25) is 14.2 Å². The maximum Gasteiger partial charge on any atom is 0.516 e. The number of hydrogen-bond donors (Lipinski definition) is 1. The second-order valence-corrected chi connectivity index (χ2v) is 10.5. The molecule has 0 radical (unpaired) electrons. The van der Waals surface area contributed by atoms with Crippen LogP contribution in [0, 0.1) is 11.3 Å². The lowest BCUT2D eigenvalue weighted by Gasteiger charge is -2.33. The fourth-order valence-corrected chi connectivity index (χ4v) is 5.04. The summed E-state index contributed by atoms with van der Waals surface area (Å²) in [5, 5.41) is 17.6. The van der Waals surface area contributed by atoms with E-state index in [4.69, 9.17) is 16.9 Å². The number of pyridine rings is 1. The third kappa shape index (κ3) is 5.25. The van der Waals surface area contributed by atoms with Crippen LogP contribution in [0.15, 0.2) is 47.7 Å². The fraction of sp³-hybridized carbons (Fsp3) is 0.304. The van der Waals surface area contributed by atoms with E-state index >= 15 is 0 Å². The van der Waals surface area contributed by atoms with Gasteiger partial charge >= 0.3 is 15.5 Å². The molecule has 1 N–H and O–H groups in total. The number of alkyl halides is 3. The molecule has 0 aliphatic carbocycles. The number of rotatable bonds is 7.